The summed E-state index contributed by atoms with van der Waals surface area (Å²) in [5.74, 6) is 0.313. The topological polar surface area (TPSA) is 80.0 Å². The van der Waals surface area contributed by atoms with E-state index >= 15 is 0 Å². The number of aliphatic carboxylic acids is 1. The summed E-state index contributed by atoms with van der Waals surface area (Å²) in [6, 6.07) is 15.9. The molecule has 0 radical (unpaired) electrons. The Morgan fingerprint density at radius 3 is 2.60 bits per heavy atom. The number of carboxylic acid groups (broad SMARTS) is 1. The Morgan fingerprint density at radius 2 is 1.88 bits per heavy atom. The highest BCUT2D eigenvalue weighted by Crippen LogP contribution is 2.27. The first-order valence-corrected chi connectivity index (χ1v) is 7.71. The molecule has 1 N–H and O–H groups in total. The highest BCUT2D eigenvalue weighted by atomic mass is 16.5. The minimum absolute atomic E-state index is 0.114. The van der Waals surface area contributed by atoms with E-state index in [0.717, 1.165) is 5.39 Å². The number of rotatable bonds is 6. The van der Waals surface area contributed by atoms with Gasteiger partial charge in [0, 0.05) is 24.1 Å². The number of ether oxygens (including phenoxy) is 1. The van der Waals surface area contributed by atoms with E-state index in [2.05, 4.69) is 0 Å². The maximum Gasteiger partial charge on any atom is 0.336 e. The fourth-order valence-corrected chi connectivity index (χ4v) is 2.61. The molecule has 0 aliphatic carbocycles. The first kappa shape index (κ1) is 16.7. The van der Waals surface area contributed by atoms with Gasteiger partial charge in [0.05, 0.1) is 6.54 Å². The van der Waals surface area contributed by atoms with Gasteiger partial charge in [-0.25, -0.2) is 4.79 Å². The summed E-state index contributed by atoms with van der Waals surface area (Å²) in [5.41, 5.74) is 0.629. The third-order valence-electron chi connectivity index (χ3n) is 3.63. The molecule has 25 heavy (non-hydrogen) atoms. The number of para-hydroxylation sites is 1. The van der Waals surface area contributed by atoms with Crippen molar-refractivity contribution in [3.63, 3.8) is 0 Å². The molecule has 6 nitrogen and oxygen atoms in total. The van der Waals surface area contributed by atoms with Crippen molar-refractivity contribution in [2.75, 3.05) is 13.6 Å². The number of fused-ring (bicyclic) bond motifs is 1. The molecule has 0 saturated heterocycles. The van der Waals surface area contributed by atoms with Crippen molar-refractivity contribution in [1.29, 1.82) is 0 Å². The standard InChI is InChI=1S/C19H17NO5/c1-20(12-18(21)22)11-13-9-19(23)25-17-10-15(7-8-16(13)17)24-14-5-3-2-4-6-14/h2-10H,11-12H2,1H3,(H,21,22). The molecule has 0 atom stereocenters. The monoisotopic (exact) mass is 339 g/mol. The van der Waals surface area contributed by atoms with Crippen LogP contribution in [0.2, 0.25) is 0 Å². The van der Waals surface area contributed by atoms with Crippen LogP contribution in [-0.2, 0) is 11.3 Å². The Hall–Kier alpha value is -3.12. The maximum atomic E-state index is 11.8. The average molecular weight is 339 g/mol. The molecule has 3 aromatic rings. The second-order valence-electron chi connectivity index (χ2n) is 5.73. The molecule has 2 aromatic carbocycles. The molecule has 0 aliphatic rings. The lowest BCUT2D eigenvalue weighted by atomic mass is 10.1. The Kier molecular flexibility index (Phi) is 4.81. The molecule has 0 bridgehead atoms. The molecular weight excluding hydrogens is 322 g/mol. The molecule has 0 amide bonds. The molecule has 0 aliphatic heterocycles. The van der Waals surface area contributed by atoms with E-state index < -0.39 is 11.6 Å². The molecule has 1 aromatic heterocycles. The Labute approximate surface area is 143 Å². The van der Waals surface area contributed by atoms with E-state index in [1.807, 2.05) is 30.3 Å². The van der Waals surface area contributed by atoms with Crippen LogP contribution in [0, 0.1) is 0 Å². The van der Waals surface area contributed by atoms with Crippen molar-refractivity contribution in [1.82, 2.24) is 4.90 Å². The van der Waals surface area contributed by atoms with Crippen LogP contribution in [0.4, 0.5) is 0 Å². The van der Waals surface area contributed by atoms with Crippen LogP contribution in [-0.4, -0.2) is 29.6 Å². The quantitative estimate of drug-likeness (QED) is 0.695. The first-order valence-electron chi connectivity index (χ1n) is 7.71. The number of carbonyl (C=O) groups is 1. The van der Waals surface area contributed by atoms with E-state index in [0.29, 0.717) is 29.2 Å². The smallest absolute Gasteiger partial charge is 0.336 e. The van der Waals surface area contributed by atoms with Crippen molar-refractivity contribution in [2.24, 2.45) is 0 Å². The third-order valence-corrected chi connectivity index (χ3v) is 3.63. The van der Waals surface area contributed by atoms with Crippen molar-refractivity contribution >= 4 is 16.9 Å². The lowest BCUT2D eigenvalue weighted by molar-refractivity contribution is -0.138. The van der Waals surface area contributed by atoms with Gasteiger partial charge in [0.2, 0.25) is 0 Å². The van der Waals surface area contributed by atoms with Crippen molar-refractivity contribution < 1.29 is 19.1 Å². The van der Waals surface area contributed by atoms with Gasteiger partial charge in [0.15, 0.2) is 0 Å². The minimum Gasteiger partial charge on any atom is -0.480 e. The summed E-state index contributed by atoms with van der Waals surface area (Å²) in [6.07, 6.45) is 0. The summed E-state index contributed by atoms with van der Waals surface area (Å²) < 4.78 is 11.0. The van der Waals surface area contributed by atoms with Gasteiger partial charge < -0.3 is 14.3 Å². The van der Waals surface area contributed by atoms with Gasteiger partial charge in [-0.2, -0.15) is 0 Å². The van der Waals surface area contributed by atoms with Gasteiger partial charge in [-0.1, -0.05) is 18.2 Å². The lowest BCUT2D eigenvalue weighted by Crippen LogP contribution is -2.25. The molecule has 6 heteroatoms. The van der Waals surface area contributed by atoms with Crippen molar-refractivity contribution in [3.8, 4) is 11.5 Å². The van der Waals surface area contributed by atoms with Crippen LogP contribution in [0.3, 0.4) is 0 Å². The summed E-state index contributed by atoms with van der Waals surface area (Å²) in [4.78, 5) is 24.3. The van der Waals surface area contributed by atoms with Crippen molar-refractivity contribution in [3.05, 3.63) is 70.6 Å². The lowest BCUT2D eigenvalue weighted by Gasteiger charge is -2.15. The van der Waals surface area contributed by atoms with E-state index in [1.54, 1.807) is 30.1 Å². The van der Waals surface area contributed by atoms with Gasteiger partial charge in [0.1, 0.15) is 17.1 Å². The second kappa shape index (κ2) is 7.19. The number of benzene rings is 2. The van der Waals surface area contributed by atoms with Crippen LogP contribution in [0.1, 0.15) is 5.56 Å². The van der Waals surface area contributed by atoms with E-state index in [4.69, 9.17) is 14.3 Å². The summed E-state index contributed by atoms with van der Waals surface area (Å²) >= 11 is 0. The van der Waals surface area contributed by atoms with Gasteiger partial charge in [-0.3, -0.25) is 9.69 Å². The Morgan fingerprint density at radius 1 is 1.12 bits per heavy atom. The number of carboxylic acids is 1. The normalized spacial score (nSPS) is 11.0. The van der Waals surface area contributed by atoms with Gasteiger partial charge in [-0.15, -0.1) is 0 Å². The zero-order valence-electron chi connectivity index (χ0n) is 13.6. The largest absolute Gasteiger partial charge is 0.480 e. The van der Waals surface area contributed by atoms with Crippen LogP contribution >= 0.6 is 0 Å². The number of hydrogen-bond acceptors (Lipinski definition) is 5. The predicted molar refractivity (Wildman–Crippen MR) is 93.0 cm³/mol. The SMILES string of the molecule is CN(CC(=O)O)Cc1cc(=O)oc2cc(Oc3ccccc3)ccc12. The van der Waals surface area contributed by atoms with E-state index in [1.165, 1.54) is 6.07 Å². The Bertz CT molecular complexity index is 949. The maximum absolute atomic E-state index is 11.8. The predicted octanol–water partition coefficient (Wildman–Crippen LogP) is 3.10. The second-order valence-corrected chi connectivity index (χ2v) is 5.73. The van der Waals surface area contributed by atoms with Crippen LogP contribution in [0.25, 0.3) is 11.0 Å². The fraction of sp³-hybridized carbons (Fsp3) is 0.158. The molecule has 0 saturated carbocycles. The average Bonchev–Trinajstić information content (AvgIpc) is 2.54. The summed E-state index contributed by atoms with van der Waals surface area (Å²) in [6.45, 7) is 0.213. The van der Waals surface area contributed by atoms with Gasteiger partial charge >= 0.3 is 11.6 Å². The van der Waals surface area contributed by atoms with Crippen LogP contribution in [0.5, 0.6) is 11.5 Å². The summed E-state index contributed by atoms with van der Waals surface area (Å²) in [7, 11) is 1.68. The van der Waals surface area contributed by atoms with Crippen LogP contribution in [0.15, 0.2) is 63.8 Å². The highest BCUT2D eigenvalue weighted by molar-refractivity contribution is 5.81. The molecule has 3 rings (SSSR count). The molecule has 128 valence electrons. The van der Waals surface area contributed by atoms with Crippen molar-refractivity contribution in [2.45, 2.75) is 6.54 Å². The number of likely N-dealkylation sites (N-methyl/N-ethyl adjacent to an activating group) is 1. The zero-order chi connectivity index (χ0) is 17.8. The van der Waals surface area contributed by atoms with Gasteiger partial charge in [-0.05, 0) is 36.9 Å². The summed E-state index contributed by atoms with van der Waals surface area (Å²) in [5, 5.41) is 9.62. The van der Waals surface area contributed by atoms with Crippen LogP contribution < -0.4 is 10.4 Å². The van der Waals surface area contributed by atoms with E-state index in [9.17, 15) is 9.59 Å². The van der Waals surface area contributed by atoms with Gasteiger partial charge in [0.25, 0.3) is 0 Å². The number of hydrogen-bond donors (Lipinski definition) is 1. The molecule has 0 unspecified atom stereocenters. The fourth-order valence-electron chi connectivity index (χ4n) is 2.61. The minimum atomic E-state index is -0.923. The Balaban J connectivity index is 1.92. The number of nitrogens with zero attached hydrogens (tertiary/aromatic N) is 1. The first-order chi connectivity index (χ1) is 12.0. The van der Waals surface area contributed by atoms with E-state index in [-0.39, 0.29) is 6.54 Å². The molecule has 0 spiro atoms. The zero-order valence-corrected chi connectivity index (χ0v) is 13.6. The molecule has 0 fully saturated rings. The molecule has 1 heterocycles. The third kappa shape index (κ3) is 4.24. The molecular formula is C19H17NO5. The highest BCUT2D eigenvalue weighted by Gasteiger charge is 2.11.